The summed E-state index contributed by atoms with van der Waals surface area (Å²) in [5.41, 5.74) is 3.33. The van der Waals surface area contributed by atoms with Crippen LogP contribution >= 0.6 is 25.3 Å². The Labute approximate surface area is 138 Å². The van der Waals surface area contributed by atoms with E-state index in [1.54, 1.807) is 0 Å². The van der Waals surface area contributed by atoms with E-state index >= 15 is 0 Å². The van der Waals surface area contributed by atoms with Crippen molar-refractivity contribution in [2.75, 3.05) is 21.3 Å². The zero-order chi connectivity index (χ0) is 15.4. The Bertz CT molecular complexity index is 666. The average Bonchev–Trinajstić information content (AvgIpc) is 3.03. The van der Waals surface area contributed by atoms with Gasteiger partial charge in [-0.2, -0.15) is 0 Å². The molecule has 0 spiro atoms. The highest BCUT2D eigenvalue weighted by molar-refractivity contribution is 7.85. The van der Waals surface area contributed by atoms with Crippen LogP contribution in [0.25, 0.3) is 0 Å². The van der Waals surface area contributed by atoms with Crippen molar-refractivity contribution in [1.29, 1.82) is 0 Å². The third kappa shape index (κ3) is 1.93. The SMILES string of the molecule is O=C(C1(S)Nc2ccccc2N1)C1(S)Nc2ccccc2N1. The van der Waals surface area contributed by atoms with Crippen molar-refractivity contribution in [3.8, 4) is 0 Å². The van der Waals surface area contributed by atoms with Gasteiger partial charge in [-0.25, -0.2) is 0 Å². The first-order valence-electron chi connectivity index (χ1n) is 6.81. The van der Waals surface area contributed by atoms with Gasteiger partial charge in [0.2, 0.25) is 15.8 Å². The zero-order valence-corrected chi connectivity index (χ0v) is 13.2. The molecular weight excluding hydrogens is 316 g/mol. The van der Waals surface area contributed by atoms with Gasteiger partial charge in [0.05, 0.1) is 22.7 Å². The van der Waals surface area contributed by atoms with E-state index in [0.717, 1.165) is 22.7 Å². The molecule has 5 nitrogen and oxygen atoms in total. The third-order valence-electron chi connectivity index (χ3n) is 3.77. The van der Waals surface area contributed by atoms with Crippen molar-refractivity contribution >= 4 is 53.8 Å². The highest BCUT2D eigenvalue weighted by atomic mass is 32.1. The molecule has 0 fully saturated rings. The molecule has 112 valence electrons. The molecule has 0 atom stereocenters. The molecule has 0 aliphatic carbocycles. The minimum Gasteiger partial charge on any atom is -0.346 e. The summed E-state index contributed by atoms with van der Waals surface area (Å²) in [6, 6.07) is 15.2. The Hall–Kier alpha value is -1.99. The second-order valence-electron chi connectivity index (χ2n) is 5.34. The van der Waals surface area contributed by atoms with Crippen LogP contribution in [0.5, 0.6) is 0 Å². The zero-order valence-electron chi connectivity index (χ0n) is 11.4. The van der Waals surface area contributed by atoms with Crippen LogP contribution in [-0.2, 0) is 4.79 Å². The van der Waals surface area contributed by atoms with Crippen molar-refractivity contribution in [3.05, 3.63) is 48.5 Å². The van der Waals surface area contributed by atoms with Gasteiger partial charge in [0.15, 0.2) is 0 Å². The fraction of sp³-hybridized carbons (Fsp3) is 0.133. The molecule has 0 amide bonds. The second-order valence-corrected chi connectivity index (χ2v) is 6.68. The van der Waals surface area contributed by atoms with Gasteiger partial charge in [-0.1, -0.05) is 24.3 Å². The summed E-state index contributed by atoms with van der Waals surface area (Å²) < 4.78 is 0. The molecule has 2 aromatic carbocycles. The van der Waals surface area contributed by atoms with Crippen LogP contribution in [0.3, 0.4) is 0 Å². The van der Waals surface area contributed by atoms with Crippen molar-refractivity contribution in [2.24, 2.45) is 0 Å². The Morgan fingerprint density at radius 3 is 1.23 bits per heavy atom. The summed E-state index contributed by atoms with van der Waals surface area (Å²) >= 11 is 9.06. The summed E-state index contributed by atoms with van der Waals surface area (Å²) in [5, 5.41) is 12.5. The first-order valence-corrected chi connectivity index (χ1v) is 7.70. The Kier molecular flexibility index (Phi) is 2.79. The topological polar surface area (TPSA) is 65.2 Å². The molecule has 0 aromatic heterocycles. The summed E-state index contributed by atoms with van der Waals surface area (Å²) in [5.74, 6) is -0.265. The number of ketones is 1. The van der Waals surface area contributed by atoms with Crippen molar-refractivity contribution in [3.63, 3.8) is 0 Å². The van der Waals surface area contributed by atoms with E-state index in [4.69, 9.17) is 0 Å². The number of anilines is 4. The third-order valence-corrected chi connectivity index (χ3v) is 4.63. The lowest BCUT2D eigenvalue weighted by atomic mass is 10.2. The van der Waals surface area contributed by atoms with Crippen molar-refractivity contribution in [1.82, 2.24) is 0 Å². The molecule has 0 bridgehead atoms. The summed E-state index contributed by atoms with van der Waals surface area (Å²) in [6.07, 6.45) is 0. The summed E-state index contributed by atoms with van der Waals surface area (Å²) in [6.45, 7) is 0. The number of hydrogen-bond donors (Lipinski definition) is 6. The van der Waals surface area contributed by atoms with Crippen LogP contribution in [0.4, 0.5) is 22.7 Å². The van der Waals surface area contributed by atoms with E-state index in [9.17, 15) is 4.79 Å². The van der Waals surface area contributed by atoms with Crippen LogP contribution in [-0.4, -0.2) is 15.8 Å². The quantitative estimate of drug-likeness (QED) is 0.478. The molecule has 0 saturated carbocycles. The van der Waals surface area contributed by atoms with E-state index < -0.39 is 9.99 Å². The number of benzene rings is 2. The standard InChI is InChI=1S/C15H14N4OS2/c20-13(14(21)16-9-5-1-2-6-10(9)17-14)15(22)18-11-7-3-4-8-12(11)19-15/h1-8,16-19,21-22H. The fourth-order valence-corrected chi connectivity index (χ4v) is 3.64. The Morgan fingerprint density at radius 2 is 0.955 bits per heavy atom. The van der Waals surface area contributed by atoms with Gasteiger partial charge in [-0.3, -0.25) is 4.79 Å². The van der Waals surface area contributed by atoms with Crippen LogP contribution in [0, 0.1) is 0 Å². The van der Waals surface area contributed by atoms with Crippen LogP contribution < -0.4 is 21.3 Å². The van der Waals surface area contributed by atoms with Gasteiger partial charge < -0.3 is 21.3 Å². The van der Waals surface area contributed by atoms with E-state index in [-0.39, 0.29) is 5.78 Å². The normalized spacial score (nSPS) is 19.0. The number of hydrogen-bond acceptors (Lipinski definition) is 7. The molecule has 2 aliphatic heterocycles. The maximum Gasteiger partial charge on any atom is 0.245 e. The molecule has 4 rings (SSSR count). The first kappa shape index (κ1) is 13.7. The van der Waals surface area contributed by atoms with Crippen LogP contribution in [0.1, 0.15) is 0 Å². The molecule has 7 heteroatoms. The number of rotatable bonds is 2. The minimum absolute atomic E-state index is 0.265. The maximum absolute atomic E-state index is 13.0. The van der Waals surface area contributed by atoms with Crippen molar-refractivity contribution in [2.45, 2.75) is 9.99 Å². The molecule has 2 heterocycles. The number of para-hydroxylation sites is 4. The Balaban J connectivity index is 1.64. The van der Waals surface area contributed by atoms with E-state index in [2.05, 4.69) is 46.5 Å². The van der Waals surface area contributed by atoms with Gasteiger partial charge in [0.1, 0.15) is 0 Å². The minimum atomic E-state index is -1.24. The highest BCUT2D eigenvalue weighted by Gasteiger charge is 2.52. The number of carbonyl (C=O) groups excluding carboxylic acids is 1. The van der Waals surface area contributed by atoms with Crippen LogP contribution in [0.2, 0.25) is 0 Å². The first-order chi connectivity index (χ1) is 10.5. The lowest BCUT2D eigenvalue weighted by Gasteiger charge is -2.32. The largest absolute Gasteiger partial charge is 0.346 e. The van der Waals surface area contributed by atoms with Crippen LogP contribution in [0.15, 0.2) is 48.5 Å². The van der Waals surface area contributed by atoms with Gasteiger partial charge in [0.25, 0.3) is 0 Å². The van der Waals surface area contributed by atoms with E-state index in [1.165, 1.54) is 0 Å². The molecule has 22 heavy (non-hydrogen) atoms. The fourth-order valence-electron chi connectivity index (χ4n) is 2.73. The molecule has 4 N–H and O–H groups in total. The monoisotopic (exact) mass is 330 g/mol. The maximum atomic E-state index is 13.0. The molecule has 0 unspecified atom stereocenters. The van der Waals surface area contributed by atoms with Gasteiger partial charge in [-0.15, -0.1) is 25.3 Å². The summed E-state index contributed by atoms with van der Waals surface area (Å²) in [7, 11) is 0. The van der Waals surface area contributed by atoms with Gasteiger partial charge >= 0.3 is 0 Å². The van der Waals surface area contributed by atoms with E-state index in [0.29, 0.717) is 0 Å². The molecule has 0 saturated heterocycles. The predicted molar refractivity (Wildman–Crippen MR) is 95.8 cm³/mol. The van der Waals surface area contributed by atoms with Gasteiger partial charge in [-0.05, 0) is 24.3 Å². The van der Waals surface area contributed by atoms with Gasteiger partial charge in [0, 0.05) is 0 Å². The molecule has 0 radical (unpaired) electrons. The smallest absolute Gasteiger partial charge is 0.245 e. The number of fused-ring (bicyclic) bond motifs is 2. The second kappa shape index (κ2) is 4.50. The number of thiol groups is 2. The predicted octanol–water partition coefficient (Wildman–Crippen LogP) is 2.80. The van der Waals surface area contributed by atoms with E-state index in [1.807, 2.05) is 48.5 Å². The van der Waals surface area contributed by atoms with Crippen molar-refractivity contribution < 1.29 is 4.79 Å². The number of carbonyl (C=O) groups is 1. The lowest BCUT2D eigenvalue weighted by molar-refractivity contribution is -0.120. The lowest BCUT2D eigenvalue weighted by Crippen LogP contribution is -2.58. The molecule has 2 aliphatic rings. The molecule has 2 aromatic rings. The average molecular weight is 330 g/mol. The molecular formula is C15H14N4OS2. The highest BCUT2D eigenvalue weighted by Crippen LogP contribution is 2.42. The Morgan fingerprint density at radius 1 is 0.682 bits per heavy atom. The summed E-state index contributed by atoms with van der Waals surface area (Å²) in [4.78, 5) is 10.5. The number of Topliss-reactive ketones (excluding diaryl/α,β-unsaturated/α-hetero) is 1. The number of nitrogens with one attached hydrogen (secondary N) is 4.